The number of aromatic amines is 1. The number of ether oxygens (including phenoxy) is 1. The van der Waals surface area contributed by atoms with E-state index in [1.54, 1.807) is 12.1 Å². The molecule has 0 fully saturated rings. The van der Waals surface area contributed by atoms with Crippen LogP contribution in [0.3, 0.4) is 0 Å². The van der Waals surface area contributed by atoms with Crippen molar-refractivity contribution in [2.24, 2.45) is 0 Å². The highest BCUT2D eigenvalue weighted by Crippen LogP contribution is 2.29. The highest BCUT2D eigenvalue weighted by Gasteiger charge is 2.09. The van der Waals surface area contributed by atoms with Gasteiger partial charge in [0.25, 0.3) is 0 Å². The van der Waals surface area contributed by atoms with Gasteiger partial charge in [-0.25, -0.2) is 4.79 Å². The van der Waals surface area contributed by atoms with Crippen LogP contribution in [-0.4, -0.2) is 22.1 Å². The molecule has 0 atom stereocenters. The van der Waals surface area contributed by atoms with E-state index in [9.17, 15) is 4.79 Å². The minimum Gasteiger partial charge on any atom is -0.496 e. The summed E-state index contributed by atoms with van der Waals surface area (Å²) in [4.78, 5) is 21.1. The third kappa shape index (κ3) is 2.44. The van der Waals surface area contributed by atoms with Crippen molar-refractivity contribution in [1.29, 1.82) is 0 Å². The zero-order chi connectivity index (χ0) is 12.4. The SMILES string of the molecule is COc1cc(Br)ccc1-c1nc(N)nc(=O)[nH]1. The molecule has 0 spiro atoms. The number of hydrogen-bond acceptors (Lipinski definition) is 5. The number of hydrogen-bond donors (Lipinski definition) is 2. The molecule has 0 aliphatic heterocycles. The summed E-state index contributed by atoms with van der Waals surface area (Å²) in [6, 6.07) is 5.35. The standard InChI is InChI=1S/C10H9BrN4O2/c1-17-7-4-5(11)2-3-6(7)8-13-9(12)15-10(16)14-8/h2-4H,1H3,(H3,12,13,14,15,16). The van der Waals surface area contributed by atoms with Crippen LogP contribution in [0.4, 0.5) is 5.95 Å². The Bertz CT molecular complexity index is 611. The number of anilines is 1. The molecular formula is C10H9BrN4O2. The topological polar surface area (TPSA) is 93.9 Å². The van der Waals surface area contributed by atoms with E-state index in [0.717, 1.165) is 4.47 Å². The molecule has 0 amide bonds. The van der Waals surface area contributed by atoms with Crippen LogP contribution in [0.15, 0.2) is 27.5 Å². The summed E-state index contributed by atoms with van der Waals surface area (Å²) in [6.45, 7) is 0. The predicted octanol–water partition coefficient (Wildman–Crippen LogP) is 1.19. The number of nitrogens with one attached hydrogen (secondary N) is 1. The molecule has 17 heavy (non-hydrogen) atoms. The Morgan fingerprint density at radius 2 is 2.18 bits per heavy atom. The lowest BCUT2D eigenvalue weighted by Crippen LogP contribution is -2.15. The lowest BCUT2D eigenvalue weighted by molar-refractivity contribution is 0.416. The maximum Gasteiger partial charge on any atom is 0.349 e. The highest BCUT2D eigenvalue weighted by atomic mass is 79.9. The maximum absolute atomic E-state index is 11.2. The molecule has 1 aromatic carbocycles. The molecule has 0 aliphatic carbocycles. The van der Waals surface area contributed by atoms with Crippen LogP contribution >= 0.6 is 15.9 Å². The molecule has 0 saturated carbocycles. The second-order valence-electron chi connectivity index (χ2n) is 3.21. The second kappa shape index (κ2) is 4.54. The molecule has 2 aromatic rings. The van der Waals surface area contributed by atoms with Crippen molar-refractivity contribution in [3.63, 3.8) is 0 Å². The predicted molar refractivity (Wildman–Crippen MR) is 66.8 cm³/mol. The fourth-order valence-electron chi connectivity index (χ4n) is 1.39. The van der Waals surface area contributed by atoms with E-state index in [4.69, 9.17) is 10.5 Å². The third-order valence-corrected chi connectivity index (χ3v) is 2.58. The minimum absolute atomic E-state index is 0.0753. The first kappa shape index (κ1) is 11.6. The largest absolute Gasteiger partial charge is 0.496 e. The van der Waals surface area contributed by atoms with E-state index < -0.39 is 5.69 Å². The van der Waals surface area contributed by atoms with Crippen molar-refractivity contribution in [2.45, 2.75) is 0 Å². The number of aromatic nitrogens is 3. The second-order valence-corrected chi connectivity index (χ2v) is 4.12. The molecule has 0 radical (unpaired) electrons. The van der Waals surface area contributed by atoms with Crippen LogP contribution in [0.25, 0.3) is 11.4 Å². The van der Waals surface area contributed by atoms with Crippen LogP contribution in [0, 0.1) is 0 Å². The van der Waals surface area contributed by atoms with Gasteiger partial charge in [-0.1, -0.05) is 15.9 Å². The molecule has 0 saturated heterocycles. The van der Waals surface area contributed by atoms with Gasteiger partial charge in [0, 0.05) is 4.47 Å². The van der Waals surface area contributed by atoms with Gasteiger partial charge in [-0.2, -0.15) is 9.97 Å². The monoisotopic (exact) mass is 296 g/mol. The van der Waals surface area contributed by atoms with Gasteiger partial charge in [0.05, 0.1) is 12.7 Å². The zero-order valence-corrected chi connectivity index (χ0v) is 10.5. The van der Waals surface area contributed by atoms with Gasteiger partial charge in [0.2, 0.25) is 5.95 Å². The Morgan fingerprint density at radius 3 is 2.82 bits per heavy atom. The Labute approximate surface area is 105 Å². The number of nitrogen functional groups attached to an aromatic ring is 1. The molecule has 0 aliphatic rings. The molecule has 7 heteroatoms. The Balaban J connectivity index is 2.63. The molecule has 1 heterocycles. The first-order valence-electron chi connectivity index (χ1n) is 4.68. The highest BCUT2D eigenvalue weighted by molar-refractivity contribution is 9.10. The number of halogens is 1. The van der Waals surface area contributed by atoms with Gasteiger partial charge in [-0.05, 0) is 18.2 Å². The van der Waals surface area contributed by atoms with Crippen molar-refractivity contribution >= 4 is 21.9 Å². The molecule has 6 nitrogen and oxygen atoms in total. The van der Waals surface area contributed by atoms with Crippen molar-refractivity contribution in [2.75, 3.05) is 12.8 Å². The smallest absolute Gasteiger partial charge is 0.349 e. The van der Waals surface area contributed by atoms with E-state index in [-0.39, 0.29) is 5.95 Å². The number of H-pyrrole nitrogens is 1. The van der Waals surface area contributed by atoms with Crippen LogP contribution in [-0.2, 0) is 0 Å². The molecule has 88 valence electrons. The van der Waals surface area contributed by atoms with Crippen molar-refractivity contribution < 1.29 is 4.74 Å². The third-order valence-electron chi connectivity index (χ3n) is 2.09. The minimum atomic E-state index is -0.544. The normalized spacial score (nSPS) is 10.2. The summed E-state index contributed by atoms with van der Waals surface area (Å²) < 4.78 is 6.07. The van der Waals surface area contributed by atoms with E-state index in [1.807, 2.05) is 6.07 Å². The summed E-state index contributed by atoms with van der Waals surface area (Å²) >= 11 is 3.33. The fraction of sp³-hybridized carbons (Fsp3) is 0.100. The molecule has 2 rings (SSSR count). The number of rotatable bonds is 2. The van der Waals surface area contributed by atoms with Crippen LogP contribution < -0.4 is 16.2 Å². The number of methoxy groups -OCH3 is 1. The van der Waals surface area contributed by atoms with Crippen LogP contribution in [0.5, 0.6) is 5.75 Å². The number of nitrogens with zero attached hydrogens (tertiary/aromatic N) is 2. The Kier molecular flexibility index (Phi) is 3.10. The Hall–Kier alpha value is -1.89. The van der Waals surface area contributed by atoms with E-state index in [1.165, 1.54) is 7.11 Å². The van der Waals surface area contributed by atoms with Crippen molar-refractivity contribution in [3.05, 3.63) is 33.2 Å². The Morgan fingerprint density at radius 1 is 1.41 bits per heavy atom. The first-order chi connectivity index (χ1) is 8.10. The van der Waals surface area contributed by atoms with E-state index >= 15 is 0 Å². The quantitative estimate of drug-likeness (QED) is 0.868. The average Bonchev–Trinajstić information content (AvgIpc) is 2.27. The van der Waals surface area contributed by atoms with E-state index in [2.05, 4.69) is 30.9 Å². The summed E-state index contributed by atoms with van der Waals surface area (Å²) in [5.74, 6) is 0.827. The molecule has 0 unspecified atom stereocenters. The summed E-state index contributed by atoms with van der Waals surface area (Å²) in [5, 5.41) is 0. The number of nitrogens with two attached hydrogens (primary N) is 1. The molecule has 3 N–H and O–H groups in total. The first-order valence-corrected chi connectivity index (χ1v) is 5.47. The summed E-state index contributed by atoms with van der Waals surface area (Å²) in [7, 11) is 1.54. The van der Waals surface area contributed by atoms with Gasteiger partial charge in [0.1, 0.15) is 11.6 Å². The maximum atomic E-state index is 11.2. The van der Waals surface area contributed by atoms with Gasteiger partial charge < -0.3 is 10.5 Å². The van der Waals surface area contributed by atoms with Gasteiger partial charge in [-0.3, -0.25) is 4.98 Å². The van der Waals surface area contributed by atoms with Gasteiger partial charge in [-0.15, -0.1) is 0 Å². The molecule has 0 bridgehead atoms. The van der Waals surface area contributed by atoms with E-state index in [0.29, 0.717) is 17.1 Å². The van der Waals surface area contributed by atoms with Crippen molar-refractivity contribution in [3.8, 4) is 17.1 Å². The van der Waals surface area contributed by atoms with Crippen molar-refractivity contribution in [1.82, 2.24) is 15.0 Å². The fourth-order valence-corrected chi connectivity index (χ4v) is 1.73. The van der Waals surface area contributed by atoms with Crippen LogP contribution in [0.1, 0.15) is 0 Å². The lowest BCUT2D eigenvalue weighted by Gasteiger charge is -2.07. The van der Waals surface area contributed by atoms with Gasteiger partial charge in [0.15, 0.2) is 0 Å². The lowest BCUT2D eigenvalue weighted by atomic mass is 10.2. The average molecular weight is 297 g/mol. The van der Waals surface area contributed by atoms with Gasteiger partial charge >= 0.3 is 5.69 Å². The summed E-state index contributed by atoms with van der Waals surface area (Å²) in [6.07, 6.45) is 0. The number of benzene rings is 1. The molecule has 1 aromatic heterocycles. The molecular weight excluding hydrogens is 288 g/mol. The zero-order valence-electron chi connectivity index (χ0n) is 8.90. The van der Waals surface area contributed by atoms with Crippen LogP contribution in [0.2, 0.25) is 0 Å². The summed E-state index contributed by atoms with van der Waals surface area (Å²) in [5.41, 5.74) is 5.52.